The average molecular weight is 412 g/mol. The molecule has 3 heterocycles. The van der Waals surface area contributed by atoms with Crippen molar-refractivity contribution in [1.29, 1.82) is 0 Å². The van der Waals surface area contributed by atoms with Gasteiger partial charge in [-0.15, -0.1) is 24.8 Å². The predicted molar refractivity (Wildman–Crippen MR) is 109 cm³/mol. The van der Waals surface area contributed by atoms with Gasteiger partial charge in [-0.1, -0.05) is 6.07 Å². The van der Waals surface area contributed by atoms with E-state index in [1.165, 1.54) is 0 Å². The maximum Gasteiger partial charge on any atom is 0.273 e. The number of aromatic nitrogens is 3. The van der Waals surface area contributed by atoms with Crippen molar-refractivity contribution in [3.63, 3.8) is 0 Å². The Hall–Kier alpha value is -1.63. The number of carbonyl (C=O) groups is 1. The minimum Gasteiger partial charge on any atom is -0.337 e. The third kappa shape index (κ3) is 4.28. The number of nitrogens with one attached hydrogen (secondary N) is 1. The number of hydrogen-bond donors (Lipinski definition) is 1. The molecule has 1 aliphatic carbocycles. The van der Waals surface area contributed by atoms with Gasteiger partial charge in [-0.25, -0.2) is 9.97 Å². The molecule has 0 bridgehead atoms. The molecule has 1 spiro atoms. The second-order valence-electron chi connectivity index (χ2n) is 7.38. The summed E-state index contributed by atoms with van der Waals surface area (Å²) >= 11 is 0. The van der Waals surface area contributed by atoms with E-state index in [1.807, 2.05) is 47.8 Å². The van der Waals surface area contributed by atoms with Crippen molar-refractivity contribution in [2.45, 2.75) is 38.8 Å². The van der Waals surface area contributed by atoms with E-state index in [0.29, 0.717) is 18.3 Å². The van der Waals surface area contributed by atoms with Crippen molar-refractivity contribution >= 4 is 30.7 Å². The van der Waals surface area contributed by atoms with Gasteiger partial charge in [0.15, 0.2) is 0 Å². The molecule has 148 valence electrons. The fourth-order valence-electron chi connectivity index (χ4n) is 4.06. The number of imidazole rings is 1. The number of pyridine rings is 1. The molecule has 2 aliphatic rings. The largest absolute Gasteiger partial charge is 0.337 e. The highest BCUT2D eigenvalue weighted by Gasteiger charge is 2.58. The average Bonchev–Trinajstić information content (AvgIpc) is 3.13. The summed E-state index contributed by atoms with van der Waals surface area (Å²) in [5, 5.41) is 3.43. The second-order valence-corrected chi connectivity index (χ2v) is 7.38. The molecule has 2 fully saturated rings. The smallest absolute Gasteiger partial charge is 0.273 e. The Balaban J connectivity index is 0.00000131. The number of piperidine rings is 1. The van der Waals surface area contributed by atoms with E-state index in [9.17, 15) is 4.79 Å². The van der Waals surface area contributed by atoms with Crippen LogP contribution in [0.3, 0.4) is 0 Å². The normalized spacial score (nSPS) is 19.7. The number of amides is 1. The Morgan fingerprint density at radius 1 is 1.33 bits per heavy atom. The zero-order chi connectivity index (χ0) is 17.4. The maximum atomic E-state index is 13.3. The summed E-state index contributed by atoms with van der Waals surface area (Å²) in [6.45, 7) is 4.55. The van der Waals surface area contributed by atoms with Crippen molar-refractivity contribution in [2.24, 2.45) is 12.5 Å². The highest BCUT2D eigenvalue weighted by Crippen LogP contribution is 2.56. The van der Waals surface area contributed by atoms with E-state index in [0.717, 1.165) is 43.9 Å². The molecule has 4 rings (SSSR count). The van der Waals surface area contributed by atoms with Crippen molar-refractivity contribution in [3.8, 4) is 0 Å². The van der Waals surface area contributed by atoms with Gasteiger partial charge in [0.25, 0.3) is 5.91 Å². The van der Waals surface area contributed by atoms with Crippen LogP contribution in [0.25, 0.3) is 0 Å². The first-order chi connectivity index (χ1) is 12.1. The summed E-state index contributed by atoms with van der Waals surface area (Å²) in [6.07, 6.45) is 7.09. The molecule has 8 heteroatoms. The second kappa shape index (κ2) is 8.59. The summed E-state index contributed by atoms with van der Waals surface area (Å²) in [7, 11) is 1.98. The monoisotopic (exact) mass is 411 g/mol. The first-order valence-electron chi connectivity index (χ1n) is 9.01. The summed E-state index contributed by atoms with van der Waals surface area (Å²) in [6, 6.07) is 5.94. The van der Waals surface area contributed by atoms with Crippen LogP contribution in [0.5, 0.6) is 0 Å². The Bertz CT molecular complexity index is 788. The summed E-state index contributed by atoms with van der Waals surface area (Å²) in [5.41, 5.74) is 1.69. The lowest BCUT2D eigenvalue weighted by molar-refractivity contribution is 0.0679. The minimum atomic E-state index is 0. The number of carbonyl (C=O) groups excluding carboxylic acids is 1. The molecule has 0 radical (unpaired) electrons. The van der Waals surface area contributed by atoms with E-state index in [2.05, 4.69) is 15.3 Å². The summed E-state index contributed by atoms with van der Waals surface area (Å²) in [4.78, 5) is 24.2. The Morgan fingerprint density at radius 2 is 2.07 bits per heavy atom. The molecule has 2 aromatic rings. The zero-order valence-corrected chi connectivity index (χ0v) is 17.4. The molecule has 1 saturated carbocycles. The Kier molecular flexibility index (Phi) is 6.89. The number of halogens is 2. The van der Waals surface area contributed by atoms with Crippen LogP contribution in [-0.4, -0.2) is 44.5 Å². The van der Waals surface area contributed by atoms with Crippen LogP contribution in [0, 0.1) is 12.3 Å². The van der Waals surface area contributed by atoms with Gasteiger partial charge < -0.3 is 14.8 Å². The number of rotatable bonds is 4. The number of hydrogen-bond acceptors (Lipinski definition) is 4. The lowest BCUT2D eigenvalue weighted by atomic mass is 9.93. The molecular weight excluding hydrogens is 385 g/mol. The molecule has 6 nitrogen and oxygen atoms in total. The van der Waals surface area contributed by atoms with Crippen LogP contribution in [0.15, 0.2) is 30.6 Å². The van der Waals surface area contributed by atoms with E-state index < -0.39 is 0 Å². The zero-order valence-electron chi connectivity index (χ0n) is 15.7. The Labute approximate surface area is 172 Å². The van der Waals surface area contributed by atoms with Gasteiger partial charge in [0.2, 0.25) is 0 Å². The number of nitrogens with zero attached hydrogens (tertiary/aromatic N) is 4. The van der Waals surface area contributed by atoms with Crippen molar-refractivity contribution in [1.82, 2.24) is 24.8 Å². The van der Waals surface area contributed by atoms with E-state index >= 15 is 0 Å². The van der Waals surface area contributed by atoms with Crippen molar-refractivity contribution < 1.29 is 4.79 Å². The first-order valence-corrected chi connectivity index (χ1v) is 9.01. The molecule has 2 aromatic heterocycles. The topological polar surface area (TPSA) is 63.1 Å². The van der Waals surface area contributed by atoms with Gasteiger partial charge in [-0.2, -0.15) is 0 Å². The Morgan fingerprint density at radius 3 is 2.70 bits per heavy atom. The SMILES string of the molecule is Cc1cccc(C(=O)N(Cc2nccn2C)C2CC23CCNCC3)n1.Cl.Cl. The van der Waals surface area contributed by atoms with Gasteiger partial charge >= 0.3 is 0 Å². The van der Waals surface area contributed by atoms with Gasteiger partial charge in [0.1, 0.15) is 11.5 Å². The van der Waals surface area contributed by atoms with E-state index in [4.69, 9.17) is 0 Å². The summed E-state index contributed by atoms with van der Waals surface area (Å²) in [5.74, 6) is 0.934. The van der Waals surface area contributed by atoms with Crippen molar-refractivity contribution in [2.75, 3.05) is 13.1 Å². The van der Waals surface area contributed by atoms with Crippen LogP contribution < -0.4 is 5.32 Å². The maximum absolute atomic E-state index is 13.3. The van der Waals surface area contributed by atoms with Crippen LogP contribution >= 0.6 is 24.8 Å². The van der Waals surface area contributed by atoms with Crippen LogP contribution in [0.2, 0.25) is 0 Å². The van der Waals surface area contributed by atoms with Gasteiger partial charge in [-0.3, -0.25) is 4.79 Å². The highest BCUT2D eigenvalue weighted by atomic mass is 35.5. The van der Waals surface area contributed by atoms with Gasteiger partial charge in [-0.05, 0) is 56.8 Å². The van der Waals surface area contributed by atoms with Crippen LogP contribution in [0.1, 0.15) is 41.3 Å². The molecule has 1 amide bonds. The predicted octanol–water partition coefficient (Wildman–Crippen LogP) is 2.75. The fourth-order valence-corrected chi connectivity index (χ4v) is 4.06. The van der Waals surface area contributed by atoms with Gasteiger partial charge in [0.05, 0.1) is 6.54 Å². The first kappa shape index (κ1) is 21.7. The highest BCUT2D eigenvalue weighted by molar-refractivity contribution is 5.92. The quantitative estimate of drug-likeness (QED) is 0.839. The standard InChI is InChI=1S/C19H25N5O.2ClH/c1-14-4-3-5-15(22-14)18(25)24(13-17-21-10-11-23(17)2)16-12-19(16)6-8-20-9-7-19;;/h3-5,10-11,16,20H,6-9,12-13H2,1-2H3;2*1H. The lowest BCUT2D eigenvalue weighted by Gasteiger charge is -2.29. The third-order valence-electron chi connectivity index (χ3n) is 5.72. The van der Waals surface area contributed by atoms with E-state index in [1.54, 1.807) is 6.20 Å². The van der Waals surface area contributed by atoms with Crippen LogP contribution in [-0.2, 0) is 13.6 Å². The summed E-state index contributed by atoms with van der Waals surface area (Å²) < 4.78 is 1.99. The molecular formula is C19H27Cl2N5O. The molecule has 1 saturated heterocycles. The van der Waals surface area contributed by atoms with Gasteiger partial charge in [0, 0.05) is 31.2 Å². The molecule has 1 unspecified atom stereocenters. The molecule has 0 aromatic carbocycles. The van der Waals surface area contributed by atoms with Crippen LogP contribution in [0.4, 0.5) is 0 Å². The lowest BCUT2D eigenvalue weighted by Crippen LogP contribution is -2.40. The molecule has 1 aliphatic heterocycles. The van der Waals surface area contributed by atoms with Crippen molar-refractivity contribution in [3.05, 3.63) is 47.8 Å². The molecule has 1 N–H and O–H groups in total. The molecule has 1 atom stereocenters. The fraction of sp³-hybridized carbons (Fsp3) is 0.526. The number of aryl methyl sites for hydroxylation is 2. The molecule has 27 heavy (non-hydrogen) atoms. The minimum absolute atomic E-state index is 0. The third-order valence-corrected chi connectivity index (χ3v) is 5.72. The van der Waals surface area contributed by atoms with E-state index in [-0.39, 0.29) is 36.1 Å².